The van der Waals surface area contributed by atoms with Crippen LogP contribution in [0.5, 0.6) is 0 Å². The van der Waals surface area contributed by atoms with Gasteiger partial charge in [-0.3, -0.25) is 0 Å². The highest BCUT2D eigenvalue weighted by Crippen LogP contribution is 2.08. The predicted molar refractivity (Wildman–Crippen MR) is 65.9 cm³/mol. The highest BCUT2D eigenvalue weighted by molar-refractivity contribution is 4.44. The summed E-state index contributed by atoms with van der Waals surface area (Å²) < 4.78 is 0. The van der Waals surface area contributed by atoms with Crippen molar-refractivity contribution < 1.29 is 14.8 Å². The Morgan fingerprint density at radius 2 is 1.12 bits per heavy atom. The summed E-state index contributed by atoms with van der Waals surface area (Å²) in [5.41, 5.74) is 0. The summed E-state index contributed by atoms with van der Waals surface area (Å²) in [5, 5.41) is 4.53. The molecule has 3 heteroatoms. The first-order chi connectivity index (χ1) is 7.91. The first-order valence-corrected chi connectivity index (χ1v) is 6.82. The molecule has 0 aliphatic carbocycles. The van der Waals surface area contributed by atoms with Crippen molar-refractivity contribution in [2.24, 2.45) is 0 Å². The summed E-state index contributed by atoms with van der Waals surface area (Å²) in [5.74, 6) is 0. The fraction of sp³-hybridized carbons (Fsp3) is 1.00. The lowest BCUT2D eigenvalue weighted by molar-refractivity contribution is -0.512. The Kier molecular flexibility index (Phi) is 14.8. The van der Waals surface area contributed by atoms with Crippen LogP contribution in [0.25, 0.3) is 0 Å². The Morgan fingerprint density at radius 3 is 1.75 bits per heavy atom. The van der Waals surface area contributed by atoms with Gasteiger partial charge in [0.1, 0.15) is 0 Å². The normalized spacial score (nSPS) is 10.9. The summed E-state index contributed by atoms with van der Waals surface area (Å²) in [6.45, 7) is 5.51. The smallest absolute Gasteiger partial charge is 0.0853 e. The molecule has 0 saturated heterocycles. The Labute approximate surface area is 100 Å². The van der Waals surface area contributed by atoms with Crippen LogP contribution < -0.4 is 0 Å². The number of unbranched alkanes of at least 4 members (excludes halogenated alkanes) is 7. The SMILES string of the molecule is CCCCCCCCCCOOOCCC. The molecule has 0 amide bonds. The monoisotopic (exact) mass is 232 g/mol. The molecule has 0 saturated carbocycles. The van der Waals surface area contributed by atoms with Crippen molar-refractivity contribution in [3.8, 4) is 0 Å². The molecule has 0 unspecified atom stereocenters. The van der Waals surface area contributed by atoms with Crippen LogP contribution in [0.15, 0.2) is 0 Å². The summed E-state index contributed by atoms with van der Waals surface area (Å²) in [6, 6.07) is 0. The van der Waals surface area contributed by atoms with E-state index in [0.29, 0.717) is 13.2 Å². The van der Waals surface area contributed by atoms with Gasteiger partial charge in [-0.25, -0.2) is 9.78 Å². The van der Waals surface area contributed by atoms with E-state index >= 15 is 0 Å². The number of rotatable bonds is 13. The standard InChI is InChI=1S/C13H28O3/c1-3-5-6-7-8-9-10-11-13-15-16-14-12-4-2/h3-13H2,1-2H3. The van der Waals surface area contributed by atoms with Crippen molar-refractivity contribution in [3.63, 3.8) is 0 Å². The second-order valence-electron chi connectivity index (χ2n) is 4.19. The molecule has 0 spiro atoms. The van der Waals surface area contributed by atoms with Gasteiger partial charge in [-0.05, 0) is 12.8 Å². The molecule has 0 N–H and O–H groups in total. The molecular formula is C13H28O3. The second kappa shape index (κ2) is 14.9. The van der Waals surface area contributed by atoms with Crippen LogP contribution >= 0.6 is 0 Å². The molecule has 3 nitrogen and oxygen atoms in total. The van der Waals surface area contributed by atoms with Crippen molar-refractivity contribution in [2.45, 2.75) is 71.6 Å². The van der Waals surface area contributed by atoms with Crippen molar-refractivity contribution >= 4 is 0 Å². The highest BCUT2D eigenvalue weighted by Gasteiger charge is 1.93. The largest absolute Gasteiger partial charge is 0.206 e. The minimum absolute atomic E-state index is 0.595. The molecule has 16 heavy (non-hydrogen) atoms. The molecule has 0 atom stereocenters. The molecule has 0 aromatic rings. The fourth-order valence-electron chi connectivity index (χ4n) is 1.48. The number of hydrogen-bond donors (Lipinski definition) is 0. The third-order valence-corrected chi connectivity index (χ3v) is 2.46. The molecule has 0 fully saturated rings. The van der Waals surface area contributed by atoms with Crippen LogP contribution in [0.4, 0.5) is 0 Å². The van der Waals surface area contributed by atoms with Gasteiger partial charge in [0.25, 0.3) is 0 Å². The summed E-state index contributed by atoms with van der Waals surface area (Å²) in [7, 11) is 0. The van der Waals surface area contributed by atoms with Crippen molar-refractivity contribution in [2.75, 3.05) is 13.2 Å². The fourth-order valence-corrected chi connectivity index (χ4v) is 1.48. The molecule has 0 heterocycles. The van der Waals surface area contributed by atoms with Gasteiger partial charge in [0.2, 0.25) is 0 Å². The van der Waals surface area contributed by atoms with Gasteiger partial charge in [-0.15, -0.1) is 0 Å². The second-order valence-corrected chi connectivity index (χ2v) is 4.19. The number of hydrogen-bond acceptors (Lipinski definition) is 3. The van der Waals surface area contributed by atoms with Gasteiger partial charge >= 0.3 is 0 Å². The van der Waals surface area contributed by atoms with Crippen LogP contribution in [-0.4, -0.2) is 13.2 Å². The zero-order valence-corrected chi connectivity index (χ0v) is 11.0. The van der Waals surface area contributed by atoms with Gasteiger partial charge in [0.15, 0.2) is 0 Å². The van der Waals surface area contributed by atoms with Gasteiger partial charge in [-0.2, -0.15) is 0 Å². The molecule has 0 aliphatic heterocycles. The quantitative estimate of drug-likeness (QED) is 0.267. The van der Waals surface area contributed by atoms with E-state index in [0.717, 1.165) is 12.8 Å². The van der Waals surface area contributed by atoms with E-state index in [9.17, 15) is 0 Å². The topological polar surface area (TPSA) is 27.7 Å². The van der Waals surface area contributed by atoms with Gasteiger partial charge in [0.05, 0.1) is 13.2 Å². The van der Waals surface area contributed by atoms with Crippen LogP contribution in [0, 0.1) is 0 Å². The Hall–Kier alpha value is -0.120. The third kappa shape index (κ3) is 13.9. The molecule has 0 bridgehead atoms. The summed E-state index contributed by atoms with van der Waals surface area (Å²) >= 11 is 0. The third-order valence-electron chi connectivity index (χ3n) is 2.46. The Morgan fingerprint density at radius 1 is 0.562 bits per heavy atom. The molecule has 0 radical (unpaired) electrons. The molecule has 0 aromatic carbocycles. The van der Waals surface area contributed by atoms with Crippen molar-refractivity contribution in [1.82, 2.24) is 0 Å². The van der Waals surface area contributed by atoms with E-state index in [1.54, 1.807) is 0 Å². The van der Waals surface area contributed by atoms with E-state index < -0.39 is 0 Å². The van der Waals surface area contributed by atoms with Gasteiger partial charge < -0.3 is 0 Å². The predicted octanol–water partition coefficient (Wildman–Crippen LogP) is 4.42. The first-order valence-electron chi connectivity index (χ1n) is 6.82. The molecule has 98 valence electrons. The average molecular weight is 232 g/mol. The van der Waals surface area contributed by atoms with E-state index in [1.165, 1.54) is 44.9 Å². The average Bonchev–Trinajstić information content (AvgIpc) is 2.31. The molecular weight excluding hydrogens is 204 g/mol. The van der Waals surface area contributed by atoms with E-state index in [2.05, 4.69) is 12.0 Å². The van der Waals surface area contributed by atoms with E-state index in [1.807, 2.05) is 6.92 Å². The molecule has 0 aromatic heterocycles. The lowest BCUT2D eigenvalue weighted by Gasteiger charge is -2.02. The van der Waals surface area contributed by atoms with Crippen molar-refractivity contribution in [1.29, 1.82) is 0 Å². The Balaban J connectivity index is 2.83. The summed E-state index contributed by atoms with van der Waals surface area (Å²) in [4.78, 5) is 9.59. The molecule has 0 rings (SSSR count). The lowest BCUT2D eigenvalue weighted by Crippen LogP contribution is -1.99. The minimum atomic E-state index is 0.595. The maximum atomic E-state index is 4.86. The summed E-state index contributed by atoms with van der Waals surface area (Å²) in [6.07, 6.45) is 11.4. The zero-order chi connectivity index (χ0) is 11.9. The van der Waals surface area contributed by atoms with Crippen LogP contribution in [0.3, 0.4) is 0 Å². The van der Waals surface area contributed by atoms with Crippen molar-refractivity contribution in [3.05, 3.63) is 0 Å². The van der Waals surface area contributed by atoms with E-state index in [-0.39, 0.29) is 0 Å². The minimum Gasteiger partial charge on any atom is -0.206 e. The lowest BCUT2D eigenvalue weighted by atomic mass is 10.1. The first kappa shape index (κ1) is 15.9. The van der Waals surface area contributed by atoms with Gasteiger partial charge in [0, 0.05) is 0 Å². The molecule has 0 aliphatic rings. The maximum absolute atomic E-state index is 4.86. The van der Waals surface area contributed by atoms with Crippen LogP contribution in [0.1, 0.15) is 71.6 Å². The zero-order valence-electron chi connectivity index (χ0n) is 11.0. The van der Waals surface area contributed by atoms with Crippen LogP contribution in [-0.2, 0) is 14.8 Å². The Bertz CT molecular complexity index is 104. The maximum Gasteiger partial charge on any atom is 0.0853 e. The van der Waals surface area contributed by atoms with E-state index in [4.69, 9.17) is 9.78 Å². The highest BCUT2D eigenvalue weighted by atomic mass is 17.5. The van der Waals surface area contributed by atoms with Gasteiger partial charge in [-0.1, -0.05) is 63.8 Å². The van der Waals surface area contributed by atoms with Crippen LogP contribution in [0.2, 0.25) is 0 Å².